The van der Waals surface area contributed by atoms with Gasteiger partial charge in [0.25, 0.3) is 5.78 Å². The zero-order valence-electron chi connectivity index (χ0n) is 22.3. The van der Waals surface area contributed by atoms with Crippen LogP contribution in [0.1, 0.15) is 54.6 Å². The Labute approximate surface area is 226 Å². The number of amides is 1. The molecule has 4 aromatic rings. The number of carbonyl (C=O) groups excluding carboxylic acids is 2. The summed E-state index contributed by atoms with van der Waals surface area (Å²) < 4.78 is 6.28. The van der Waals surface area contributed by atoms with Crippen molar-refractivity contribution in [3.05, 3.63) is 94.1 Å². The van der Waals surface area contributed by atoms with Crippen molar-refractivity contribution in [2.45, 2.75) is 46.1 Å². The van der Waals surface area contributed by atoms with E-state index < -0.39 is 17.7 Å². The average molecular weight is 527 g/mol. The number of aryl methyl sites for hydroxylation is 2. The predicted octanol–water partition coefficient (Wildman–Crippen LogP) is 6.85. The van der Waals surface area contributed by atoms with E-state index in [0.29, 0.717) is 16.4 Å². The number of nitrogens with zero attached hydrogens (tertiary/aromatic N) is 2. The van der Waals surface area contributed by atoms with Crippen molar-refractivity contribution in [3.8, 4) is 5.75 Å². The fraction of sp³-hybridized carbons (Fsp3) is 0.258. The van der Waals surface area contributed by atoms with Gasteiger partial charge < -0.3 is 9.84 Å². The van der Waals surface area contributed by atoms with Crippen molar-refractivity contribution in [2.75, 3.05) is 12.0 Å². The molecule has 0 radical (unpaired) electrons. The first-order valence-electron chi connectivity index (χ1n) is 12.4. The fourth-order valence-electron chi connectivity index (χ4n) is 4.81. The van der Waals surface area contributed by atoms with Crippen LogP contribution in [0.15, 0.2) is 66.2 Å². The third-order valence-electron chi connectivity index (χ3n) is 6.94. The average Bonchev–Trinajstić information content (AvgIpc) is 3.40. The molecule has 2 heterocycles. The molecule has 1 aliphatic heterocycles. The molecule has 0 aliphatic carbocycles. The number of carbonyl (C=O) groups is 2. The summed E-state index contributed by atoms with van der Waals surface area (Å²) in [5, 5.41) is 11.9. The van der Waals surface area contributed by atoms with Crippen LogP contribution in [0.5, 0.6) is 5.75 Å². The molecule has 3 aromatic carbocycles. The minimum Gasteiger partial charge on any atom is -0.507 e. The number of rotatable bonds is 4. The number of fused-ring (bicyclic) bond motifs is 1. The molecular weight excluding hydrogens is 496 g/mol. The molecule has 1 N–H and O–H groups in total. The Morgan fingerprint density at radius 2 is 1.71 bits per heavy atom. The van der Waals surface area contributed by atoms with Crippen LogP contribution in [-0.4, -0.2) is 28.9 Å². The summed E-state index contributed by atoms with van der Waals surface area (Å²) in [6.45, 7) is 10.2. The molecule has 194 valence electrons. The van der Waals surface area contributed by atoms with Gasteiger partial charge in [0.15, 0.2) is 5.13 Å². The number of aliphatic hydroxyl groups excluding tert-OH is 1. The predicted molar refractivity (Wildman–Crippen MR) is 152 cm³/mol. The first-order valence-corrected chi connectivity index (χ1v) is 13.2. The second-order valence-electron chi connectivity index (χ2n) is 10.7. The molecule has 1 fully saturated rings. The Morgan fingerprint density at radius 3 is 2.34 bits per heavy atom. The molecular formula is C31H30N2O4S. The Morgan fingerprint density at radius 1 is 1.00 bits per heavy atom. The third-order valence-corrected chi connectivity index (χ3v) is 7.96. The van der Waals surface area contributed by atoms with Crippen LogP contribution < -0.4 is 9.64 Å². The van der Waals surface area contributed by atoms with Crippen molar-refractivity contribution < 1.29 is 19.4 Å². The number of methoxy groups -OCH3 is 1. The van der Waals surface area contributed by atoms with E-state index >= 15 is 0 Å². The van der Waals surface area contributed by atoms with E-state index in [1.54, 1.807) is 25.3 Å². The van der Waals surface area contributed by atoms with Crippen LogP contribution in [0.25, 0.3) is 16.0 Å². The molecule has 0 saturated carbocycles. The molecule has 0 unspecified atom stereocenters. The largest absolute Gasteiger partial charge is 0.507 e. The number of benzene rings is 3. The monoisotopic (exact) mass is 526 g/mol. The highest BCUT2D eigenvalue weighted by atomic mass is 32.1. The quantitative estimate of drug-likeness (QED) is 0.179. The number of aromatic nitrogens is 1. The van der Waals surface area contributed by atoms with Crippen molar-refractivity contribution in [2.24, 2.45) is 0 Å². The molecule has 1 aliphatic rings. The van der Waals surface area contributed by atoms with Crippen LogP contribution in [0, 0.1) is 13.8 Å². The first-order chi connectivity index (χ1) is 18.0. The highest BCUT2D eigenvalue weighted by molar-refractivity contribution is 7.22. The van der Waals surface area contributed by atoms with E-state index in [1.165, 1.54) is 16.2 Å². The minimum absolute atomic E-state index is 0.0403. The van der Waals surface area contributed by atoms with Crippen molar-refractivity contribution in [1.29, 1.82) is 0 Å². The Hall–Kier alpha value is -3.97. The maximum atomic E-state index is 13.6. The maximum Gasteiger partial charge on any atom is 0.301 e. The summed E-state index contributed by atoms with van der Waals surface area (Å²) in [6.07, 6.45) is 0. The minimum atomic E-state index is -0.826. The molecule has 1 amide bonds. The number of thiazole rings is 1. The molecule has 0 spiro atoms. The molecule has 7 heteroatoms. The number of Topliss-reactive ketones (excluding diaryl/α,β-unsaturated/α-hetero) is 1. The van der Waals surface area contributed by atoms with Crippen LogP contribution in [0.4, 0.5) is 5.13 Å². The van der Waals surface area contributed by atoms with Crippen LogP contribution >= 0.6 is 11.3 Å². The topological polar surface area (TPSA) is 79.7 Å². The summed E-state index contributed by atoms with van der Waals surface area (Å²) in [5.41, 5.74) is 4.91. The molecule has 38 heavy (non-hydrogen) atoms. The van der Waals surface area contributed by atoms with E-state index in [-0.39, 0.29) is 16.7 Å². The van der Waals surface area contributed by atoms with Crippen molar-refractivity contribution in [3.63, 3.8) is 0 Å². The van der Waals surface area contributed by atoms with E-state index in [0.717, 1.165) is 32.5 Å². The van der Waals surface area contributed by atoms with Crippen molar-refractivity contribution in [1.82, 2.24) is 4.98 Å². The van der Waals surface area contributed by atoms with Gasteiger partial charge in [0.2, 0.25) is 0 Å². The van der Waals surface area contributed by atoms with Crippen LogP contribution in [-0.2, 0) is 15.0 Å². The van der Waals surface area contributed by atoms with Gasteiger partial charge in [0.05, 0.1) is 28.9 Å². The summed E-state index contributed by atoms with van der Waals surface area (Å²) in [4.78, 5) is 33.2. The summed E-state index contributed by atoms with van der Waals surface area (Å²) in [5.74, 6) is -1.01. The van der Waals surface area contributed by atoms with Gasteiger partial charge in [-0.15, -0.1) is 0 Å². The molecule has 1 aromatic heterocycles. The van der Waals surface area contributed by atoms with Gasteiger partial charge in [-0.2, -0.15) is 0 Å². The van der Waals surface area contributed by atoms with Gasteiger partial charge in [0.1, 0.15) is 11.5 Å². The highest BCUT2D eigenvalue weighted by Gasteiger charge is 2.48. The molecule has 0 bridgehead atoms. The number of hydrogen-bond donors (Lipinski definition) is 1. The van der Waals surface area contributed by atoms with Crippen LogP contribution in [0.2, 0.25) is 0 Å². The van der Waals surface area contributed by atoms with E-state index in [1.807, 2.05) is 56.3 Å². The summed E-state index contributed by atoms with van der Waals surface area (Å²) in [7, 11) is 1.58. The zero-order valence-corrected chi connectivity index (χ0v) is 23.1. The first kappa shape index (κ1) is 25.7. The number of aliphatic hydroxyl groups is 1. The fourth-order valence-corrected chi connectivity index (χ4v) is 5.91. The SMILES string of the molecule is COc1ccc(C(O)=C2C(=O)C(=O)N(c3nc4ccc(C)cc4s3)[C@@H]2c2ccc(C(C)(C)C)cc2)cc1C. The van der Waals surface area contributed by atoms with Gasteiger partial charge in [-0.05, 0) is 71.8 Å². The normalized spacial score (nSPS) is 17.4. The lowest BCUT2D eigenvalue weighted by atomic mass is 9.85. The number of ketones is 1. The molecule has 6 nitrogen and oxygen atoms in total. The number of hydrogen-bond acceptors (Lipinski definition) is 6. The Balaban J connectivity index is 1.71. The second kappa shape index (κ2) is 9.40. The lowest BCUT2D eigenvalue weighted by Gasteiger charge is -2.24. The van der Waals surface area contributed by atoms with Crippen molar-refractivity contribution >= 4 is 44.1 Å². The standard InChI is InChI=1S/C31H30N2O4S/c1-17-7-13-22-24(15-17)38-30(32-22)33-26(19-8-11-21(12-9-19)31(3,4)5)25(28(35)29(33)36)27(34)20-10-14-23(37-6)18(2)16-20/h7-16,26,34H,1-6H3/t26-/m1/s1. The second-order valence-corrected chi connectivity index (χ2v) is 11.7. The van der Waals surface area contributed by atoms with E-state index in [9.17, 15) is 14.7 Å². The summed E-state index contributed by atoms with van der Waals surface area (Å²) >= 11 is 1.36. The lowest BCUT2D eigenvalue weighted by molar-refractivity contribution is -0.132. The summed E-state index contributed by atoms with van der Waals surface area (Å²) in [6, 6.07) is 18.1. The van der Waals surface area contributed by atoms with Crippen LogP contribution in [0.3, 0.4) is 0 Å². The molecule has 1 atom stereocenters. The Bertz CT molecular complexity index is 1610. The van der Waals surface area contributed by atoms with Gasteiger partial charge in [-0.25, -0.2) is 4.98 Å². The zero-order chi connectivity index (χ0) is 27.4. The molecule has 1 saturated heterocycles. The lowest BCUT2D eigenvalue weighted by Crippen LogP contribution is -2.29. The van der Waals surface area contributed by atoms with Gasteiger partial charge >= 0.3 is 5.91 Å². The van der Waals surface area contributed by atoms with E-state index in [4.69, 9.17) is 9.72 Å². The van der Waals surface area contributed by atoms with Gasteiger partial charge in [-0.3, -0.25) is 14.5 Å². The Kier molecular flexibility index (Phi) is 6.35. The highest BCUT2D eigenvalue weighted by Crippen LogP contribution is 2.45. The smallest absolute Gasteiger partial charge is 0.301 e. The van der Waals surface area contributed by atoms with Gasteiger partial charge in [-0.1, -0.05) is 62.4 Å². The molecule has 5 rings (SSSR count). The maximum absolute atomic E-state index is 13.6. The van der Waals surface area contributed by atoms with Gasteiger partial charge in [0, 0.05) is 5.56 Å². The third kappa shape index (κ3) is 4.37. The number of ether oxygens (including phenoxy) is 1. The van der Waals surface area contributed by atoms with E-state index in [2.05, 4.69) is 20.8 Å². The number of anilines is 1.